The Kier molecular flexibility index (Phi) is 0.460. The van der Waals surface area contributed by atoms with Crippen LogP contribution in [0.3, 0.4) is 0 Å². The van der Waals surface area contributed by atoms with Crippen molar-refractivity contribution in [1.82, 2.24) is 9.78 Å². The van der Waals surface area contributed by atoms with Gasteiger partial charge in [0.2, 0.25) is 0 Å². The SMILES string of the molecule is [2H]c1c(Br)nn(C([2H])(C([2H])([2H])[2H])C([2H])([2H])[2H])c1[2H]. The van der Waals surface area contributed by atoms with Gasteiger partial charge in [0.15, 0.2) is 0 Å². The fourth-order valence-electron chi connectivity index (χ4n) is 0.343. The highest BCUT2D eigenvalue weighted by molar-refractivity contribution is 9.10. The summed E-state index contributed by atoms with van der Waals surface area (Å²) in [6.45, 7) is -6.46. The molecule has 0 N–H and O–H groups in total. The molecule has 0 aliphatic carbocycles. The highest BCUT2D eigenvalue weighted by Gasteiger charge is 1.96. The van der Waals surface area contributed by atoms with Crippen molar-refractivity contribution in [3.8, 4) is 0 Å². The first kappa shape index (κ1) is 1.64. The predicted molar refractivity (Wildman–Crippen MR) is 40.3 cm³/mol. The van der Waals surface area contributed by atoms with E-state index in [0.29, 0.717) is 0 Å². The molecule has 9 heavy (non-hydrogen) atoms. The molecule has 0 aliphatic rings. The van der Waals surface area contributed by atoms with Crippen LogP contribution >= 0.6 is 15.9 Å². The van der Waals surface area contributed by atoms with Crippen LogP contribution in [0, 0.1) is 0 Å². The topological polar surface area (TPSA) is 17.8 Å². The Balaban J connectivity index is 3.61. The zero-order chi connectivity index (χ0) is 14.5. The van der Waals surface area contributed by atoms with Gasteiger partial charge in [0.05, 0.1) is 4.11 Å². The summed E-state index contributed by atoms with van der Waals surface area (Å²) < 4.78 is 66.0. The van der Waals surface area contributed by atoms with Gasteiger partial charge in [0.25, 0.3) is 0 Å². The second kappa shape index (κ2) is 2.52. The van der Waals surface area contributed by atoms with Crippen molar-refractivity contribution in [2.45, 2.75) is 19.7 Å². The van der Waals surface area contributed by atoms with Crippen molar-refractivity contribution in [1.29, 1.82) is 0 Å². The molecule has 3 heteroatoms. The summed E-state index contributed by atoms with van der Waals surface area (Å²) >= 11 is 2.80. The third kappa shape index (κ3) is 1.55. The molecule has 1 aromatic heterocycles. The van der Waals surface area contributed by atoms with Gasteiger partial charge in [-0.1, -0.05) is 0 Å². The summed E-state index contributed by atoms with van der Waals surface area (Å²) in [5.41, 5.74) is 0. The Morgan fingerprint density at radius 3 is 3.33 bits per heavy atom. The molecular weight excluding hydrogens is 180 g/mol. The third-order valence-corrected chi connectivity index (χ3v) is 1.02. The van der Waals surface area contributed by atoms with Crippen molar-refractivity contribution in [3.63, 3.8) is 0 Å². The Hall–Kier alpha value is -0.310. The average molecular weight is 198 g/mol. The molecule has 1 heterocycles. The first-order chi connectivity index (χ1) is 7.84. The molecule has 0 fully saturated rings. The van der Waals surface area contributed by atoms with Gasteiger partial charge in [-0.25, -0.2) is 0 Å². The van der Waals surface area contributed by atoms with E-state index in [9.17, 15) is 0 Å². The fourth-order valence-corrected chi connectivity index (χ4v) is 0.590. The lowest BCUT2D eigenvalue weighted by Gasteiger charge is -2.02. The van der Waals surface area contributed by atoms with Crippen LogP contribution in [0.1, 0.15) is 32.1 Å². The lowest BCUT2D eigenvalue weighted by atomic mass is 10.4. The minimum Gasteiger partial charge on any atom is -0.269 e. The van der Waals surface area contributed by atoms with E-state index >= 15 is 0 Å². The average Bonchev–Trinajstić information content (AvgIpc) is 2.41. The van der Waals surface area contributed by atoms with Gasteiger partial charge in [0, 0.05) is 20.4 Å². The van der Waals surface area contributed by atoms with Gasteiger partial charge in [-0.05, 0) is 35.7 Å². The molecule has 0 unspecified atom stereocenters. The smallest absolute Gasteiger partial charge is 0.128 e. The lowest BCUT2D eigenvalue weighted by Crippen LogP contribution is -1.99. The summed E-state index contributed by atoms with van der Waals surface area (Å²) in [6, 6.07) is -3.58. The van der Waals surface area contributed by atoms with Crippen molar-refractivity contribution in [3.05, 3.63) is 16.8 Å². The van der Waals surface area contributed by atoms with Crippen molar-refractivity contribution < 1.29 is 12.3 Å². The molecule has 1 aromatic rings. The van der Waals surface area contributed by atoms with Crippen LogP contribution in [0.15, 0.2) is 16.8 Å². The van der Waals surface area contributed by atoms with E-state index in [-0.39, 0.29) is 9.28 Å². The molecule has 0 bridgehead atoms. The summed E-state index contributed by atoms with van der Waals surface area (Å²) in [7, 11) is 0. The molecule has 0 saturated heterocycles. The van der Waals surface area contributed by atoms with Crippen LogP contribution < -0.4 is 0 Å². The Bertz CT molecular complexity index is 445. The molecular formula is C6H9BrN2. The van der Waals surface area contributed by atoms with Crippen LogP contribution in [-0.4, -0.2) is 9.78 Å². The Labute approximate surface area is 75.6 Å². The number of nitrogens with zero attached hydrogens (tertiary/aromatic N) is 2. The van der Waals surface area contributed by atoms with Gasteiger partial charge in [-0.3, -0.25) is 4.68 Å². The summed E-state index contributed by atoms with van der Waals surface area (Å²) in [6.07, 6.45) is -0.746. The molecule has 1 rings (SSSR count). The second-order valence-electron chi connectivity index (χ2n) is 1.29. The maximum atomic E-state index is 7.77. The quantitative estimate of drug-likeness (QED) is 0.676. The van der Waals surface area contributed by atoms with Gasteiger partial charge < -0.3 is 0 Å². The van der Waals surface area contributed by atoms with Crippen LogP contribution in [0.2, 0.25) is 0 Å². The number of rotatable bonds is 1. The predicted octanol–water partition coefficient (Wildman–Crippen LogP) is 2.23. The maximum absolute atomic E-state index is 7.77. The zero-order valence-electron chi connectivity index (χ0n) is 13.3. The minimum absolute atomic E-state index is 0.183. The van der Waals surface area contributed by atoms with Crippen LogP contribution in [-0.2, 0) is 0 Å². The van der Waals surface area contributed by atoms with Crippen LogP contribution in [0.5, 0.6) is 0 Å². The maximum Gasteiger partial charge on any atom is 0.128 e. The fraction of sp³-hybridized carbons (Fsp3) is 0.500. The van der Waals surface area contributed by atoms with Gasteiger partial charge >= 0.3 is 0 Å². The molecule has 50 valence electrons. The summed E-state index contributed by atoms with van der Waals surface area (Å²) in [4.78, 5) is 0. The minimum atomic E-state index is -3.23. The summed E-state index contributed by atoms with van der Waals surface area (Å²) in [5.74, 6) is 0. The normalized spacial score (nSPS) is 29.2. The van der Waals surface area contributed by atoms with Crippen LogP contribution in [0.25, 0.3) is 0 Å². The van der Waals surface area contributed by atoms with Gasteiger partial charge in [-0.15, -0.1) is 0 Å². The Morgan fingerprint density at radius 1 is 2.11 bits per heavy atom. The zero-order valence-corrected chi connectivity index (χ0v) is 5.86. The molecule has 0 amide bonds. The standard InChI is InChI=1S/C6H9BrN2/c1-5(2)9-4-3-6(7)8-9/h3-5H,1-2H3/i1D3,2D3,3D,4D,5D. The molecule has 0 spiro atoms. The molecule has 0 atom stereocenters. The van der Waals surface area contributed by atoms with Gasteiger partial charge in [-0.2, -0.15) is 5.10 Å². The van der Waals surface area contributed by atoms with E-state index in [2.05, 4.69) is 21.0 Å². The van der Waals surface area contributed by atoms with E-state index < -0.39 is 31.9 Å². The molecule has 0 saturated carbocycles. The van der Waals surface area contributed by atoms with Gasteiger partial charge in [0.1, 0.15) is 4.60 Å². The number of aromatic nitrogens is 2. The van der Waals surface area contributed by atoms with E-state index in [4.69, 9.17) is 12.3 Å². The van der Waals surface area contributed by atoms with Crippen molar-refractivity contribution >= 4 is 15.9 Å². The van der Waals surface area contributed by atoms with E-state index in [1.807, 2.05) is 0 Å². The van der Waals surface area contributed by atoms with E-state index in [0.717, 1.165) is 0 Å². The molecule has 2 nitrogen and oxygen atoms in total. The van der Waals surface area contributed by atoms with E-state index in [1.54, 1.807) is 0 Å². The van der Waals surface area contributed by atoms with Crippen LogP contribution in [0.4, 0.5) is 0 Å². The molecule has 0 aliphatic heterocycles. The van der Waals surface area contributed by atoms with E-state index in [1.165, 1.54) is 0 Å². The number of hydrogen-bond donors (Lipinski definition) is 0. The highest BCUT2D eigenvalue weighted by atomic mass is 79.9. The monoisotopic (exact) mass is 197 g/mol. The first-order valence-corrected chi connectivity index (χ1v) is 2.85. The van der Waals surface area contributed by atoms with Crippen molar-refractivity contribution in [2.24, 2.45) is 0 Å². The summed E-state index contributed by atoms with van der Waals surface area (Å²) in [5, 5.41) is 3.47. The molecule has 0 radical (unpaired) electrons. The highest BCUT2D eigenvalue weighted by Crippen LogP contribution is 2.08. The third-order valence-electron chi connectivity index (χ3n) is 0.665. The van der Waals surface area contributed by atoms with Crippen molar-refractivity contribution in [2.75, 3.05) is 0 Å². The second-order valence-corrected chi connectivity index (χ2v) is 2.04. The molecule has 0 aromatic carbocycles. The lowest BCUT2D eigenvalue weighted by molar-refractivity contribution is 0.530. The first-order valence-electron chi connectivity index (χ1n) is 6.56. The Morgan fingerprint density at radius 2 is 2.89 bits per heavy atom. The largest absolute Gasteiger partial charge is 0.269 e. The number of halogens is 1. The number of hydrogen-bond acceptors (Lipinski definition) is 1.